The Bertz CT molecular complexity index is 1110. The summed E-state index contributed by atoms with van der Waals surface area (Å²) in [5, 5.41) is 12.3. The zero-order valence-corrected chi connectivity index (χ0v) is 14.9. The lowest BCUT2D eigenvalue weighted by Crippen LogP contribution is -2.23. The Morgan fingerprint density at radius 2 is 1.75 bits per heavy atom. The molecule has 28 heavy (non-hydrogen) atoms. The van der Waals surface area contributed by atoms with Crippen LogP contribution in [0.3, 0.4) is 0 Å². The number of benzene rings is 2. The van der Waals surface area contributed by atoms with Crippen molar-refractivity contribution in [2.75, 3.05) is 5.32 Å². The minimum absolute atomic E-state index is 0.0139. The van der Waals surface area contributed by atoms with Gasteiger partial charge in [-0.3, -0.25) is 4.79 Å². The van der Waals surface area contributed by atoms with Gasteiger partial charge in [0.2, 0.25) is 5.91 Å². The van der Waals surface area contributed by atoms with E-state index in [-0.39, 0.29) is 28.1 Å². The largest absolute Gasteiger partial charge is 0.477 e. The van der Waals surface area contributed by atoms with E-state index in [1.54, 1.807) is 0 Å². The molecule has 0 aliphatic carbocycles. The maximum Gasteiger partial charge on any atom is 0.346 e. The monoisotopic (exact) mass is 403 g/mol. The molecule has 0 saturated carbocycles. The molecule has 0 fully saturated rings. The third-order valence-corrected chi connectivity index (χ3v) is 5.86. The molecule has 1 unspecified atom stereocenters. The highest BCUT2D eigenvalue weighted by molar-refractivity contribution is 7.15. The maximum atomic E-state index is 14.4. The highest BCUT2D eigenvalue weighted by atomic mass is 32.1. The van der Waals surface area contributed by atoms with Crippen LogP contribution in [0.5, 0.6) is 0 Å². The van der Waals surface area contributed by atoms with Gasteiger partial charge in [-0.2, -0.15) is 0 Å². The van der Waals surface area contributed by atoms with Gasteiger partial charge in [0.25, 0.3) is 0 Å². The Labute approximate surface area is 161 Å². The zero-order valence-electron chi connectivity index (χ0n) is 14.1. The Hall–Kier alpha value is -3.13. The molecule has 142 valence electrons. The van der Waals surface area contributed by atoms with Gasteiger partial charge in [-0.15, -0.1) is 11.3 Å². The number of amides is 1. The summed E-state index contributed by atoms with van der Waals surface area (Å²) in [6.45, 7) is 0. The highest BCUT2D eigenvalue weighted by Gasteiger charge is 2.35. The number of hydrogen-bond acceptors (Lipinski definition) is 3. The number of carboxylic acid groups (broad SMARTS) is 1. The number of anilines is 1. The van der Waals surface area contributed by atoms with Gasteiger partial charge in [0.15, 0.2) is 0 Å². The molecule has 0 radical (unpaired) electrons. The smallest absolute Gasteiger partial charge is 0.346 e. The molecule has 1 aromatic heterocycles. The molecule has 1 aliphatic heterocycles. The van der Waals surface area contributed by atoms with Crippen molar-refractivity contribution in [3.8, 4) is 11.1 Å². The zero-order chi connectivity index (χ0) is 20.0. The molecule has 2 aromatic carbocycles. The lowest BCUT2D eigenvalue weighted by molar-refractivity contribution is -0.116. The second-order valence-electron chi connectivity index (χ2n) is 6.33. The Kier molecular flexibility index (Phi) is 4.43. The summed E-state index contributed by atoms with van der Waals surface area (Å²) in [7, 11) is 0. The van der Waals surface area contributed by atoms with Crippen LogP contribution < -0.4 is 5.32 Å². The average molecular weight is 403 g/mol. The van der Waals surface area contributed by atoms with E-state index in [1.165, 1.54) is 24.3 Å². The summed E-state index contributed by atoms with van der Waals surface area (Å²) in [6, 6.07) is 8.14. The molecule has 1 atom stereocenters. The van der Waals surface area contributed by atoms with E-state index >= 15 is 0 Å². The van der Waals surface area contributed by atoms with Crippen molar-refractivity contribution in [3.63, 3.8) is 0 Å². The summed E-state index contributed by atoms with van der Waals surface area (Å²) in [4.78, 5) is 24.5. The first kappa shape index (κ1) is 18.2. The highest BCUT2D eigenvalue weighted by Crippen LogP contribution is 2.49. The molecule has 1 aliphatic rings. The minimum Gasteiger partial charge on any atom is -0.477 e. The van der Waals surface area contributed by atoms with Gasteiger partial charge in [0.05, 0.1) is 5.69 Å². The van der Waals surface area contributed by atoms with Crippen LogP contribution in [0.15, 0.2) is 42.5 Å². The number of rotatable bonds is 3. The molecule has 0 bridgehead atoms. The number of fused-ring (bicyclic) bond motifs is 1. The third-order valence-electron chi connectivity index (χ3n) is 4.57. The number of carbonyl (C=O) groups excluding carboxylic acids is 1. The number of nitrogens with one attached hydrogen (secondary N) is 1. The fraction of sp³-hybridized carbons (Fsp3) is 0.100. The molecule has 0 spiro atoms. The van der Waals surface area contributed by atoms with E-state index in [0.717, 1.165) is 29.5 Å². The van der Waals surface area contributed by atoms with Crippen molar-refractivity contribution in [1.29, 1.82) is 0 Å². The molecular weight excluding hydrogens is 391 g/mol. The number of hydrogen-bond donors (Lipinski definition) is 2. The maximum absolute atomic E-state index is 14.4. The predicted molar refractivity (Wildman–Crippen MR) is 98.1 cm³/mol. The predicted octanol–water partition coefficient (Wildman–Crippen LogP) is 5.00. The molecular formula is C20H12F3NO3S. The second-order valence-corrected chi connectivity index (χ2v) is 7.38. The van der Waals surface area contributed by atoms with Crippen LogP contribution in [0, 0.1) is 17.5 Å². The van der Waals surface area contributed by atoms with Crippen LogP contribution in [0.2, 0.25) is 0 Å². The summed E-state index contributed by atoms with van der Waals surface area (Å²) in [6.07, 6.45) is -0.143. The lowest BCUT2D eigenvalue weighted by Gasteiger charge is -2.24. The van der Waals surface area contributed by atoms with Gasteiger partial charge in [0.1, 0.15) is 22.3 Å². The molecule has 1 amide bonds. The fourth-order valence-electron chi connectivity index (χ4n) is 3.36. The van der Waals surface area contributed by atoms with Crippen LogP contribution in [0.4, 0.5) is 18.9 Å². The molecule has 2 N–H and O–H groups in total. The van der Waals surface area contributed by atoms with E-state index in [9.17, 15) is 27.9 Å². The van der Waals surface area contributed by atoms with E-state index in [0.29, 0.717) is 10.4 Å². The quantitative estimate of drug-likeness (QED) is 0.647. The van der Waals surface area contributed by atoms with E-state index < -0.39 is 35.2 Å². The van der Waals surface area contributed by atoms with Crippen molar-refractivity contribution in [2.24, 2.45) is 0 Å². The van der Waals surface area contributed by atoms with Crippen LogP contribution >= 0.6 is 11.3 Å². The lowest BCUT2D eigenvalue weighted by atomic mass is 9.88. The second kappa shape index (κ2) is 6.79. The minimum atomic E-state index is -1.23. The normalized spacial score (nSPS) is 15.8. The summed E-state index contributed by atoms with van der Waals surface area (Å²) in [5.41, 5.74) is 0.846. The molecule has 3 aromatic rings. The molecule has 4 rings (SSSR count). The fourth-order valence-corrected chi connectivity index (χ4v) is 4.60. The third kappa shape index (κ3) is 3.05. The van der Waals surface area contributed by atoms with Crippen molar-refractivity contribution in [3.05, 3.63) is 75.2 Å². The van der Waals surface area contributed by atoms with E-state index in [2.05, 4.69) is 5.32 Å². The first-order chi connectivity index (χ1) is 13.3. The van der Waals surface area contributed by atoms with Crippen molar-refractivity contribution in [2.45, 2.75) is 12.3 Å². The molecule has 0 saturated heterocycles. The number of carboxylic acids is 1. The number of thiophene rings is 1. The van der Waals surface area contributed by atoms with Gasteiger partial charge in [-0.05, 0) is 41.5 Å². The van der Waals surface area contributed by atoms with Gasteiger partial charge in [-0.25, -0.2) is 18.0 Å². The first-order valence-corrected chi connectivity index (χ1v) is 9.07. The number of aromatic carboxylic acids is 1. The van der Waals surface area contributed by atoms with Crippen LogP contribution in [0.25, 0.3) is 11.1 Å². The number of carbonyl (C=O) groups is 2. The summed E-state index contributed by atoms with van der Waals surface area (Å²) >= 11 is 0.891. The average Bonchev–Trinajstić information content (AvgIpc) is 3.03. The summed E-state index contributed by atoms with van der Waals surface area (Å²) < 4.78 is 41.3. The number of halogens is 3. The van der Waals surface area contributed by atoms with Crippen LogP contribution in [-0.2, 0) is 4.79 Å². The van der Waals surface area contributed by atoms with Crippen LogP contribution in [0.1, 0.15) is 32.5 Å². The Morgan fingerprint density at radius 1 is 1.07 bits per heavy atom. The van der Waals surface area contributed by atoms with Crippen molar-refractivity contribution in [1.82, 2.24) is 0 Å². The van der Waals surface area contributed by atoms with Gasteiger partial charge in [0, 0.05) is 22.8 Å². The first-order valence-electron chi connectivity index (χ1n) is 8.26. The SMILES string of the molecule is O=C1CC(c2cc(F)ccc2F)c2sc(C(=O)O)c(-c3ccc(F)cc3)c2N1. The van der Waals surface area contributed by atoms with Gasteiger partial charge in [-0.1, -0.05) is 12.1 Å². The summed E-state index contributed by atoms with van der Waals surface area (Å²) in [5.74, 6) is -4.32. The standard InChI is InChI=1S/C20H12F3NO3S/c21-10-3-1-9(2-4-10)16-17-18(28-19(16)20(26)27)13(8-15(25)24-17)12-7-11(22)5-6-14(12)23/h1-7,13H,8H2,(H,24,25)(H,26,27). The topological polar surface area (TPSA) is 66.4 Å². The van der Waals surface area contributed by atoms with Crippen molar-refractivity contribution >= 4 is 28.9 Å². The van der Waals surface area contributed by atoms with Crippen LogP contribution in [-0.4, -0.2) is 17.0 Å². The molecule has 4 nitrogen and oxygen atoms in total. The molecule has 2 heterocycles. The van der Waals surface area contributed by atoms with E-state index in [4.69, 9.17) is 0 Å². The van der Waals surface area contributed by atoms with Gasteiger partial charge < -0.3 is 10.4 Å². The van der Waals surface area contributed by atoms with E-state index in [1.807, 2.05) is 0 Å². The van der Waals surface area contributed by atoms with Gasteiger partial charge >= 0.3 is 5.97 Å². The Morgan fingerprint density at radius 3 is 2.43 bits per heavy atom. The Balaban J connectivity index is 1.96. The molecule has 8 heteroatoms. The van der Waals surface area contributed by atoms with Crippen molar-refractivity contribution < 1.29 is 27.9 Å².